The summed E-state index contributed by atoms with van der Waals surface area (Å²) in [6, 6.07) is 8.69. The summed E-state index contributed by atoms with van der Waals surface area (Å²) in [6.07, 6.45) is 1.96. The van der Waals surface area contributed by atoms with Gasteiger partial charge in [-0.2, -0.15) is 5.26 Å². The second-order valence-electron chi connectivity index (χ2n) is 5.67. The van der Waals surface area contributed by atoms with E-state index in [9.17, 15) is 15.4 Å². The monoisotopic (exact) mass is 289 g/mol. The van der Waals surface area contributed by atoms with Crippen LogP contribution in [0.2, 0.25) is 0 Å². The topological polar surface area (TPSA) is 88.2 Å². The lowest BCUT2D eigenvalue weighted by molar-refractivity contribution is -0.385. The van der Waals surface area contributed by atoms with Crippen molar-refractivity contribution in [2.45, 2.75) is 38.3 Å². The number of ether oxygens (including phenoxy) is 1. The van der Waals surface area contributed by atoms with Crippen molar-refractivity contribution in [3.8, 4) is 11.8 Å². The first-order chi connectivity index (χ1) is 9.98. The van der Waals surface area contributed by atoms with Crippen molar-refractivity contribution in [2.24, 2.45) is 5.92 Å². The largest absolute Gasteiger partial charge is 0.484 e. The van der Waals surface area contributed by atoms with E-state index in [0.717, 1.165) is 12.8 Å². The molecule has 1 saturated carbocycles. The van der Waals surface area contributed by atoms with E-state index in [1.807, 2.05) is 13.8 Å². The average molecular weight is 289 g/mol. The Bertz CT molecular complexity index is 564. The van der Waals surface area contributed by atoms with Gasteiger partial charge < -0.3 is 4.74 Å². The molecule has 0 heterocycles. The van der Waals surface area contributed by atoms with E-state index in [4.69, 9.17) is 4.74 Å². The summed E-state index contributed by atoms with van der Waals surface area (Å²) >= 11 is 0. The predicted octanol–water partition coefficient (Wildman–Crippen LogP) is 2.64. The molecule has 1 unspecified atom stereocenters. The molecule has 6 heteroatoms. The smallest absolute Gasteiger partial charge is 0.310 e. The van der Waals surface area contributed by atoms with Crippen LogP contribution < -0.4 is 10.1 Å². The van der Waals surface area contributed by atoms with Gasteiger partial charge in [0.2, 0.25) is 0 Å². The molecule has 1 aromatic carbocycles. The summed E-state index contributed by atoms with van der Waals surface area (Å²) in [5.41, 5.74) is -0.859. The maximum absolute atomic E-state index is 11.0. The number of nitrogens with one attached hydrogen (secondary N) is 1. The fourth-order valence-corrected chi connectivity index (χ4v) is 2.45. The summed E-state index contributed by atoms with van der Waals surface area (Å²) in [7, 11) is 0. The molecule has 1 fully saturated rings. The van der Waals surface area contributed by atoms with Crippen molar-refractivity contribution < 1.29 is 9.66 Å². The number of benzene rings is 1. The molecule has 1 aliphatic rings. The van der Waals surface area contributed by atoms with Crippen molar-refractivity contribution in [3.05, 3.63) is 34.4 Å². The van der Waals surface area contributed by atoms with Crippen LogP contribution in [0.5, 0.6) is 5.75 Å². The number of nitrogens with zero attached hydrogens (tertiary/aromatic N) is 2. The first-order valence-electron chi connectivity index (χ1n) is 7.03. The van der Waals surface area contributed by atoms with Gasteiger partial charge in [0.05, 0.1) is 11.0 Å². The van der Waals surface area contributed by atoms with Gasteiger partial charge in [-0.3, -0.25) is 15.4 Å². The van der Waals surface area contributed by atoms with E-state index in [-0.39, 0.29) is 30.0 Å². The van der Waals surface area contributed by atoms with Crippen LogP contribution in [0.25, 0.3) is 0 Å². The SMILES string of the molecule is CC(C)NC(C#N)(COc1ccccc1[N+](=O)[O-])C1CC1. The standard InChI is InChI=1S/C15H19N3O3/c1-11(2)17-15(9-16,12-7-8-12)10-21-14-6-4-3-5-13(14)18(19)20/h3-6,11-12,17H,7-8,10H2,1-2H3. The van der Waals surface area contributed by atoms with Crippen molar-refractivity contribution in [1.82, 2.24) is 5.32 Å². The van der Waals surface area contributed by atoms with Crippen molar-refractivity contribution in [3.63, 3.8) is 0 Å². The maximum Gasteiger partial charge on any atom is 0.310 e. The van der Waals surface area contributed by atoms with Gasteiger partial charge in [-0.05, 0) is 38.7 Å². The second-order valence-corrected chi connectivity index (χ2v) is 5.67. The summed E-state index contributed by atoms with van der Waals surface area (Å²) < 4.78 is 5.63. The zero-order chi connectivity index (χ0) is 15.5. The van der Waals surface area contributed by atoms with E-state index in [1.165, 1.54) is 6.07 Å². The minimum atomic E-state index is -0.780. The van der Waals surface area contributed by atoms with Crippen LogP contribution in [0.4, 0.5) is 5.69 Å². The molecule has 0 saturated heterocycles. The van der Waals surface area contributed by atoms with Crippen LogP contribution in [0.15, 0.2) is 24.3 Å². The molecule has 112 valence electrons. The third-order valence-corrected chi connectivity index (χ3v) is 3.54. The van der Waals surface area contributed by atoms with Crippen LogP contribution in [0.3, 0.4) is 0 Å². The van der Waals surface area contributed by atoms with Gasteiger partial charge in [0.1, 0.15) is 12.1 Å². The molecule has 6 nitrogen and oxygen atoms in total. The molecule has 21 heavy (non-hydrogen) atoms. The molecule has 0 bridgehead atoms. The quantitative estimate of drug-likeness (QED) is 0.615. The molecule has 0 spiro atoms. The first kappa shape index (κ1) is 15.3. The van der Waals surface area contributed by atoms with Crippen LogP contribution in [0.1, 0.15) is 26.7 Å². The van der Waals surface area contributed by atoms with Crippen molar-refractivity contribution in [2.75, 3.05) is 6.61 Å². The molecule has 1 atom stereocenters. The number of nitriles is 1. The summed E-state index contributed by atoms with van der Waals surface area (Å²) in [5, 5.41) is 23.8. The molecule has 0 aliphatic heterocycles. The highest BCUT2D eigenvalue weighted by molar-refractivity contribution is 5.45. The Morgan fingerprint density at radius 3 is 2.71 bits per heavy atom. The van der Waals surface area contributed by atoms with Gasteiger partial charge in [0.15, 0.2) is 5.75 Å². The van der Waals surface area contributed by atoms with Gasteiger partial charge in [-0.25, -0.2) is 0 Å². The number of rotatable bonds is 7. The van der Waals surface area contributed by atoms with Gasteiger partial charge in [-0.15, -0.1) is 0 Å². The number of nitro groups is 1. The molecule has 1 N–H and O–H groups in total. The second kappa shape index (κ2) is 6.10. The van der Waals surface area contributed by atoms with Gasteiger partial charge >= 0.3 is 5.69 Å². The minimum absolute atomic E-state index is 0.0790. The Hall–Kier alpha value is -2.13. The molecule has 0 aromatic heterocycles. The normalized spacial score (nSPS) is 17.0. The Labute approximate surface area is 123 Å². The number of para-hydroxylation sites is 2. The highest BCUT2D eigenvalue weighted by atomic mass is 16.6. The third-order valence-electron chi connectivity index (χ3n) is 3.54. The van der Waals surface area contributed by atoms with Gasteiger partial charge in [-0.1, -0.05) is 12.1 Å². The average Bonchev–Trinajstić information content (AvgIpc) is 3.28. The lowest BCUT2D eigenvalue weighted by Gasteiger charge is -2.30. The highest BCUT2D eigenvalue weighted by Crippen LogP contribution is 2.40. The minimum Gasteiger partial charge on any atom is -0.484 e. The summed E-state index contributed by atoms with van der Waals surface area (Å²) in [6.45, 7) is 4.05. The zero-order valence-corrected chi connectivity index (χ0v) is 12.2. The fourth-order valence-electron chi connectivity index (χ4n) is 2.45. The lowest BCUT2D eigenvalue weighted by Crippen LogP contribution is -2.53. The molecular formula is C15H19N3O3. The molecular weight excluding hydrogens is 270 g/mol. The van der Waals surface area contributed by atoms with E-state index < -0.39 is 10.5 Å². The van der Waals surface area contributed by atoms with E-state index >= 15 is 0 Å². The lowest BCUT2D eigenvalue weighted by atomic mass is 9.95. The Balaban J connectivity index is 2.16. The fraction of sp³-hybridized carbons (Fsp3) is 0.533. The van der Waals surface area contributed by atoms with E-state index in [0.29, 0.717) is 0 Å². The Morgan fingerprint density at radius 1 is 1.52 bits per heavy atom. The maximum atomic E-state index is 11.0. The number of hydrogen-bond acceptors (Lipinski definition) is 5. The molecule has 1 aromatic rings. The van der Waals surface area contributed by atoms with Crippen LogP contribution >= 0.6 is 0 Å². The first-order valence-corrected chi connectivity index (χ1v) is 7.03. The van der Waals surface area contributed by atoms with Crippen molar-refractivity contribution in [1.29, 1.82) is 5.26 Å². The van der Waals surface area contributed by atoms with Crippen LogP contribution in [-0.2, 0) is 0 Å². The van der Waals surface area contributed by atoms with Crippen LogP contribution in [0, 0.1) is 27.4 Å². The number of nitro benzene ring substituents is 1. The molecule has 0 radical (unpaired) electrons. The molecule has 1 aliphatic carbocycles. The Kier molecular flexibility index (Phi) is 4.43. The third kappa shape index (κ3) is 3.50. The predicted molar refractivity (Wildman–Crippen MR) is 77.9 cm³/mol. The van der Waals surface area contributed by atoms with Crippen molar-refractivity contribution >= 4 is 5.69 Å². The van der Waals surface area contributed by atoms with Gasteiger partial charge in [0.25, 0.3) is 0 Å². The summed E-state index contributed by atoms with van der Waals surface area (Å²) in [5.74, 6) is 0.445. The van der Waals surface area contributed by atoms with Crippen LogP contribution in [-0.4, -0.2) is 23.1 Å². The molecule has 0 amide bonds. The van der Waals surface area contributed by atoms with E-state index in [1.54, 1.807) is 18.2 Å². The number of hydrogen-bond donors (Lipinski definition) is 1. The van der Waals surface area contributed by atoms with Gasteiger partial charge in [0, 0.05) is 12.1 Å². The Morgan fingerprint density at radius 2 is 2.19 bits per heavy atom. The summed E-state index contributed by atoms with van der Waals surface area (Å²) in [4.78, 5) is 10.5. The highest BCUT2D eigenvalue weighted by Gasteiger charge is 2.47. The molecule has 2 rings (SSSR count). The van der Waals surface area contributed by atoms with E-state index in [2.05, 4.69) is 11.4 Å². The zero-order valence-electron chi connectivity index (χ0n) is 12.2.